The number of carbonyl (C=O) groups is 2. The third-order valence-corrected chi connectivity index (χ3v) is 3.92. The first kappa shape index (κ1) is 20.9. The maximum Gasteiger partial charge on any atom is 0.435 e. The first-order valence-corrected chi connectivity index (χ1v) is 8.23. The van der Waals surface area contributed by atoms with Crippen molar-refractivity contribution in [3.05, 3.63) is 71.1 Å². The van der Waals surface area contributed by atoms with Crippen LogP contribution in [0, 0.1) is 11.6 Å². The van der Waals surface area contributed by atoms with Crippen molar-refractivity contribution in [3.63, 3.8) is 0 Å². The highest BCUT2D eigenvalue weighted by Gasteiger charge is 2.42. The van der Waals surface area contributed by atoms with E-state index in [2.05, 4.69) is 20.9 Å². The van der Waals surface area contributed by atoms with E-state index in [-0.39, 0.29) is 11.4 Å². The van der Waals surface area contributed by atoms with Gasteiger partial charge in [0, 0.05) is 12.7 Å². The van der Waals surface area contributed by atoms with Crippen LogP contribution in [-0.4, -0.2) is 33.9 Å². The zero-order chi connectivity index (χ0) is 22.1. The number of hydrogen-bond acceptors (Lipinski definition) is 4. The number of amides is 2. The minimum absolute atomic E-state index is 0.135. The predicted molar refractivity (Wildman–Crippen MR) is 94.1 cm³/mol. The van der Waals surface area contributed by atoms with Crippen LogP contribution in [0.4, 0.5) is 27.6 Å². The SMILES string of the molecule is CNC(=O)c1cc(NC(=O)c2nnn(-c3ccc(F)cc3)c2C(F)(F)F)ccc1F. The van der Waals surface area contributed by atoms with Crippen LogP contribution in [0.2, 0.25) is 0 Å². The van der Waals surface area contributed by atoms with E-state index in [1.165, 1.54) is 7.05 Å². The van der Waals surface area contributed by atoms with Crippen LogP contribution in [0.25, 0.3) is 5.69 Å². The lowest BCUT2D eigenvalue weighted by molar-refractivity contribution is -0.143. The molecule has 3 aromatic rings. The van der Waals surface area contributed by atoms with Crippen molar-refractivity contribution in [1.29, 1.82) is 0 Å². The highest BCUT2D eigenvalue weighted by atomic mass is 19.4. The molecule has 1 heterocycles. The molecule has 0 aliphatic carbocycles. The molecule has 12 heteroatoms. The van der Waals surface area contributed by atoms with E-state index in [1.54, 1.807) is 0 Å². The summed E-state index contributed by atoms with van der Waals surface area (Å²) in [6.07, 6.45) is -5.03. The number of benzene rings is 2. The fraction of sp³-hybridized carbons (Fsp3) is 0.111. The van der Waals surface area contributed by atoms with Gasteiger partial charge in [0.15, 0.2) is 11.4 Å². The minimum atomic E-state index is -5.03. The van der Waals surface area contributed by atoms with Gasteiger partial charge < -0.3 is 10.6 Å². The lowest BCUT2D eigenvalue weighted by Crippen LogP contribution is -2.22. The number of nitrogens with one attached hydrogen (secondary N) is 2. The molecule has 7 nitrogen and oxygen atoms in total. The predicted octanol–water partition coefficient (Wildman–Crippen LogP) is 3.18. The van der Waals surface area contributed by atoms with Crippen LogP contribution >= 0.6 is 0 Å². The summed E-state index contributed by atoms with van der Waals surface area (Å²) < 4.78 is 68.0. The number of anilines is 1. The van der Waals surface area contributed by atoms with E-state index >= 15 is 0 Å². The molecule has 0 saturated carbocycles. The molecule has 0 unspecified atom stereocenters. The molecule has 0 fully saturated rings. The van der Waals surface area contributed by atoms with Gasteiger partial charge in [0.05, 0.1) is 11.3 Å². The van der Waals surface area contributed by atoms with Gasteiger partial charge in [-0.15, -0.1) is 5.10 Å². The Morgan fingerprint density at radius 1 is 1.00 bits per heavy atom. The molecule has 2 N–H and O–H groups in total. The van der Waals surface area contributed by atoms with Crippen molar-refractivity contribution >= 4 is 17.5 Å². The number of alkyl halides is 3. The Kier molecular flexibility index (Phi) is 5.49. The van der Waals surface area contributed by atoms with E-state index < -0.39 is 46.6 Å². The molecular formula is C18H12F5N5O2. The normalized spacial score (nSPS) is 11.3. The van der Waals surface area contributed by atoms with Gasteiger partial charge in [0.1, 0.15) is 11.6 Å². The summed E-state index contributed by atoms with van der Waals surface area (Å²) in [6.45, 7) is 0. The molecule has 2 amide bonds. The van der Waals surface area contributed by atoms with Crippen LogP contribution in [-0.2, 0) is 6.18 Å². The van der Waals surface area contributed by atoms with Crippen LogP contribution in [0.5, 0.6) is 0 Å². The number of rotatable bonds is 4. The van der Waals surface area contributed by atoms with Gasteiger partial charge in [-0.05, 0) is 42.5 Å². The Balaban J connectivity index is 1.99. The maximum atomic E-state index is 13.7. The van der Waals surface area contributed by atoms with Crippen molar-refractivity contribution in [2.24, 2.45) is 0 Å². The minimum Gasteiger partial charge on any atom is -0.355 e. The molecule has 0 spiro atoms. The fourth-order valence-corrected chi connectivity index (χ4v) is 2.55. The van der Waals surface area contributed by atoms with Crippen LogP contribution in [0.1, 0.15) is 26.5 Å². The topological polar surface area (TPSA) is 88.9 Å². The Morgan fingerprint density at radius 2 is 1.67 bits per heavy atom. The summed E-state index contributed by atoms with van der Waals surface area (Å²) in [5, 5.41) is 11.0. The van der Waals surface area contributed by atoms with Gasteiger partial charge in [-0.1, -0.05) is 5.21 Å². The van der Waals surface area contributed by atoms with Crippen molar-refractivity contribution in [2.75, 3.05) is 12.4 Å². The van der Waals surface area contributed by atoms with E-state index in [0.29, 0.717) is 4.68 Å². The molecule has 0 aliphatic rings. The number of aromatic nitrogens is 3. The van der Waals surface area contributed by atoms with E-state index in [1.807, 2.05) is 0 Å². The average molecular weight is 425 g/mol. The third kappa shape index (κ3) is 4.11. The van der Waals surface area contributed by atoms with Gasteiger partial charge in [0.25, 0.3) is 11.8 Å². The molecule has 0 saturated heterocycles. The summed E-state index contributed by atoms with van der Waals surface area (Å²) in [6, 6.07) is 6.83. The van der Waals surface area contributed by atoms with Crippen molar-refractivity contribution in [1.82, 2.24) is 20.3 Å². The molecular weight excluding hydrogens is 413 g/mol. The number of halogens is 5. The average Bonchev–Trinajstić information content (AvgIpc) is 3.15. The highest BCUT2D eigenvalue weighted by molar-refractivity contribution is 6.04. The van der Waals surface area contributed by atoms with E-state index in [0.717, 1.165) is 42.5 Å². The van der Waals surface area contributed by atoms with Crippen molar-refractivity contribution < 1.29 is 31.5 Å². The molecule has 1 aromatic heterocycles. The summed E-state index contributed by atoms with van der Waals surface area (Å²) in [4.78, 5) is 24.1. The van der Waals surface area contributed by atoms with Crippen LogP contribution in [0.15, 0.2) is 42.5 Å². The summed E-state index contributed by atoms with van der Waals surface area (Å²) >= 11 is 0. The number of nitrogens with zero attached hydrogens (tertiary/aromatic N) is 3. The summed E-state index contributed by atoms with van der Waals surface area (Å²) in [5.41, 5.74) is -3.26. The number of hydrogen-bond donors (Lipinski definition) is 2. The fourth-order valence-electron chi connectivity index (χ4n) is 2.55. The lowest BCUT2D eigenvalue weighted by atomic mass is 10.1. The van der Waals surface area contributed by atoms with E-state index in [4.69, 9.17) is 0 Å². The molecule has 30 heavy (non-hydrogen) atoms. The standard InChI is InChI=1S/C18H12F5N5O2/c1-24-16(29)12-8-10(4-7-13(12)20)25-17(30)14-15(18(21,22)23)28(27-26-14)11-5-2-9(19)3-6-11/h2-8H,1H3,(H,24,29)(H,25,30). The smallest absolute Gasteiger partial charge is 0.355 e. The Labute approximate surface area is 165 Å². The van der Waals surface area contributed by atoms with Crippen LogP contribution < -0.4 is 10.6 Å². The Hall–Kier alpha value is -3.83. The quantitative estimate of drug-likeness (QED) is 0.629. The lowest BCUT2D eigenvalue weighted by Gasteiger charge is -2.12. The van der Waals surface area contributed by atoms with Gasteiger partial charge >= 0.3 is 6.18 Å². The largest absolute Gasteiger partial charge is 0.435 e. The van der Waals surface area contributed by atoms with Gasteiger partial charge in [0.2, 0.25) is 0 Å². The monoisotopic (exact) mass is 425 g/mol. The Bertz CT molecular complexity index is 1110. The van der Waals surface area contributed by atoms with E-state index in [9.17, 15) is 31.5 Å². The first-order valence-electron chi connectivity index (χ1n) is 8.23. The second-order valence-corrected chi connectivity index (χ2v) is 5.90. The van der Waals surface area contributed by atoms with Crippen LogP contribution in [0.3, 0.4) is 0 Å². The third-order valence-electron chi connectivity index (χ3n) is 3.92. The first-order chi connectivity index (χ1) is 14.1. The molecule has 0 aliphatic heterocycles. The number of carbonyl (C=O) groups excluding carboxylic acids is 2. The summed E-state index contributed by atoms with van der Waals surface area (Å²) in [7, 11) is 1.26. The molecule has 0 atom stereocenters. The zero-order valence-electron chi connectivity index (χ0n) is 15.1. The van der Waals surface area contributed by atoms with Gasteiger partial charge in [-0.25, -0.2) is 13.5 Å². The second kappa shape index (κ2) is 7.89. The second-order valence-electron chi connectivity index (χ2n) is 5.90. The molecule has 3 rings (SSSR count). The van der Waals surface area contributed by atoms with Crippen molar-refractivity contribution in [3.8, 4) is 5.69 Å². The summed E-state index contributed by atoms with van der Waals surface area (Å²) in [5.74, 6) is -3.63. The molecule has 156 valence electrons. The molecule has 0 radical (unpaired) electrons. The molecule has 0 bridgehead atoms. The van der Waals surface area contributed by atoms with Gasteiger partial charge in [-0.2, -0.15) is 13.2 Å². The van der Waals surface area contributed by atoms with Crippen molar-refractivity contribution in [2.45, 2.75) is 6.18 Å². The zero-order valence-corrected chi connectivity index (χ0v) is 15.1. The molecule has 2 aromatic carbocycles. The Morgan fingerprint density at radius 3 is 2.27 bits per heavy atom. The van der Waals surface area contributed by atoms with Gasteiger partial charge in [-0.3, -0.25) is 9.59 Å². The highest BCUT2D eigenvalue weighted by Crippen LogP contribution is 2.33. The maximum absolute atomic E-state index is 13.7.